The molecule has 1 amide bonds. The molecule has 0 fully saturated rings. The number of benzene rings is 4. The topological polar surface area (TPSA) is 72.5 Å². The number of Topliss-reactive ketones (excluding diaryl/α,β-unsaturated/α-hetero) is 1. The van der Waals surface area contributed by atoms with Crippen LogP contribution in [-0.4, -0.2) is 17.7 Å². The number of para-hydroxylation sites is 1. The van der Waals surface area contributed by atoms with Crippen LogP contribution in [0.15, 0.2) is 109 Å². The van der Waals surface area contributed by atoms with Crippen LogP contribution in [0.2, 0.25) is 0 Å². The fourth-order valence-electron chi connectivity index (χ4n) is 3.49. The number of esters is 1. The first kappa shape index (κ1) is 22.7. The Bertz CT molecular complexity index is 1300. The van der Waals surface area contributed by atoms with Crippen molar-refractivity contribution < 1.29 is 19.1 Å². The van der Waals surface area contributed by atoms with E-state index in [1.807, 2.05) is 31.2 Å². The maximum absolute atomic E-state index is 13.3. The quantitative estimate of drug-likeness (QED) is 0.276. The van der Waals surface area contributed by atoms with Crippen LogP contribution in [0.3, 0.4) is 0 Å². The third-order valence-electron chi connectivity index (χ3n) is 5.33. The minimum absolute atomic E-state index is 0.157. The Labute approximate surface area is 198 Å². The predicted octanol–water partition coefficient (Wildman–Crippen LogP) is 6.03. The number of nitrogens with one attached hydrogen (secondary N) is 1. The molecule has 0 bridgehead atoms. The van der Waals surface area contributed by atoms with E-state index < -0.39 is 12.1 Å². The number of rotatable bonds is 7. The molecule has 0 saturated carbocycles. The van der Waals surface area contributed by atoms with Crippen molar-refractivity contribution in [1.82, 2.24) is 0 Å². The third kappa shape index (κ3) is 5.27. The number of amides is 1. The van der Waals surface area contributed by atoms with Gasteiger partial charge in [-0.2, -0.15) is 0 Å². The maximum atomic E-state index is 13.3. The highest BCUT2D eigenvalue weighted by Crippen LogP contribution is 2.26. The number of hydrogen-bond donors (Lipinski definition) is 1. The van der Waals surface area contributed by atoms with Crippen LogP contribution >= 0.6 is 0 Å². The highest BCUT2D eigenvalue weighted by atomic mass is 16.5. The Kier molecular flexibility index (Phi) is 6.94. The molecule has 0 unspecified atom stereocenters. The lowest BCUT2D eigenvalue weighted by molar-refractivity contribution is 0.0281. The number of carbonyl (C=O) groups is 3. The molecule has 4 rings (SSSR count). The standard InChI is InChI=1S/C29H23NO4/c1-20-16-18-21(19-17-20)26(31)27(22-10-4-2-5-11-22)34-29(33)24-14-8-9-15-25(24)30-28(32)23-12-6-3-7-13-23/h2-19,27H,1H3,(H,30,32)/t27-/m1/s1. The lowest BCUT2D eigenvalue weighted by Crippen LogP contribution is -2.22. The van der Waals surface area contributed by atoms with Crippen LogP contribution in [0.1, 0.15) is 48.3 Å². The fraction of sp³-hybridized carbons (Fsp3) is 0.0690. The Balaban J connectivity index is 1.62. The molecule has 5 nitrogen and oxygen atoms in total. The largest absolute Gasteiger partial charge is 0.445 e. The highest BCUT2D eigenvalue weighted by Gasteiger charge is 2.28. The molecule has 4 aromatic rings. The first-order chi connectivity index (χ1) is 16.5. The molecule has 0 spiro atoms. The molecule has 0 saturated heterocycles. The van der Waals surface area contributed by atoms with Crippen molar-refractivity contribution >= 4 is 23.3 Å². The van der Waals surface area contributed by atoms with Gasteiger partial charge in [0.1, 0.15) is 0 Å². The normalized spacial score (nSPS) is 11.3. The second-order valence-corrected chi connectivity index (χ2v) is 7.79. The van der Waals surface area contributed by atoms with Gasteiger partial charge in [-0.05, 0) is 31.2 Å². The minimum atomic E-state index is -1.13. The van der Waals surface area contributed by atoms with Crippen LogP contribution in [-0.2, 0) is 4.74 Å². The summed E-state index contributed by atoms with van der Waals surface area (Å²) in [4.78, 5) is 39.2. The molecule has 0 aliphatic carbocycles. The summed E-state index contributed by atoms with van der Waals surface area (Å²) in [5.41, 5.74) is 2.95. The van der Waals surface area contributed by atoms with E-state index in [0.29, 0.717) is 22.4 Å². The molecule has 1 N–H and O–H groups in total. The maximum Gasteiger partial charge on any atom is 0.341 e. The summed E-state index contributed by atoms with van der Waals surface area (Å²) < 4.78 is 5.76. The smallest absolute Gasteiger partial charge is 0.341 e. The van der Waals surface area contributed by atoms with Crippen molar-refractivity contribution in [2.45, 2.75) is 13.0 Å². The van der Waals surface area contributed by atoms with Crippen LogP contribution < -0.4 is 5.32 Å². The van der Waals surface area contributed by atoms with Gasteiger partial charge in [-0.1, -0.05) is 90.5 Å². The zero-order chi connectivity index (χ0) is 23.9. The van der Waals surface area contributed by atoms with Crippen molar-refractivity contribution in [1.29, 1.82) is 0 Å². The van der Waals surface area contributed by atoms with Crippen LogP contribution in [0, 0.1) is 6.92 Å². The minimum Gasteiger partial charge on any atom is -0.445 e. The third-order valence-corrected chi connectivity index (χ3v) is 5.33. The molecule has 168 valence electrons. The SMILES string of the molecule is Cc1ccc(C(=O)[C@H](OC(=O)c2ccccc2NC(=O)c2ccccc2)c2ccccc2)cc1. The first-order valence-electron chi connectivity index (χ1n) is 10.8. The van der Waals surface area contributed by atoms with Crippen molar-refractivity contribution in [3.8, 4) is 0 Å². The summed E-state index contributed by atoms with van der Waals surface area (Å²) in [5.74, 6) is -1.39. The Morgan fingerprint density at radius 1 is 0.676 bits per heavy atom. The van der Waals surface area contributed by atoms with Crippen molar-refractivity contribution in [2.75, 3.05) is 5.32 Å². The molecule has 0 aliphatic rings. The van der Waals surface area contributed by atoms with E-state index in [9.17, 15) is 14.4 Å². The van der Waals surface area contributed by atoms with E-state index in [2.05, 4.69) is 5.32 Å². The van der Waals surface area contributed by atoms with Gasteiger partial charge in [0, 0.05) is 16.7 Å². The average Bonchev–Trinajstić information content (AvgIpc) is 2.88. The van der Waals surface area contributed by atoms with Gasteiger partial charge in [-0.15, -0.1) is 0 Å². The molecule has 0 radical (unpaired) electrons. The van der Waals surface area contributed by atoms with Crippen LogP contribution in [0.4, 0.5) is 5.69 Å². The molecule has 0 aromatic heterocycles. The Hall–Kier alpha value is -4.51. The van der Waals surface area contributed by atoms with Crippen molar-refractivity contribution in [3.63, 3.8) is 0 Å². The molecule has 4 aromatic carbocycles. The van der Waals surface area contributed by atoms with E-state index >= 15 is 0 Å². The Morgan fingerprint density at radius 2 is 1.26 bits per heavy atom. The molecule has 34 heavy (non-hydrogen) atoms. The van der Waals surface area contributed by atoms with E-state index in [1.54, 1.807) is 84.9 Å². The second-order valence-electron chi connectivity index (χ2n) is 7.79. The lowest BCUT2D eigenvalue weighted by Gasteiger charge is -2.19. The lowest BCUT2D eigenvalue weighted by atomic mass is 9.99. The Morgan fingerprint density at radius 3 is 1.94 bits per heavy atom. The zero-order valence-electron chi connectivity index (χ0n) is 18.6. The van der Waals surface area contributed by atoms with E-state index in [1.165, 1.54) is 0 Å². The van der Waals surface area contributed by atoms with E-state index in [-0.39, 0.29) is 17.3 Å². The van der Waals surface area contributed by atoms with Gasteiger partial charge < -0.3 is 10.1 Å². The zero-order valence-corrected chi connectivity index (χ0v) is 18.6. The van der Waals surface area contributed by atoms with Crippen LogP contribution in [0.25, 0.3) is 0 Å². The number of ketones is 1. The summed E-state index contributed by atoms with van der Waals surface area (Å²) in [6, 6.07) is 31.3. The summed E-state index contributed by atoms with van der Waals surface area (Å²) >= 11 is 0. The fourth-order valence-corrected chi connectivity index (χ4v) is 3.49. The van der Waals surface area contributed by atoms with Gasteiger partial charge in [0.2, 0.25) is 5.78 Å². The van der Waals surface area contributed by atoms with Gasteiger partial charge in [0.25, 0.3) is 5.91 Å². The number of aryl methyl sites for hydroxylation is 1. The van der Waals surface area contributed by atoms with Crippen molar-refractivity contribution in [3.05, 3.63) is 137 Å². The molecular weight excluding hydrogens is 426 g/mol. The summed E-state index contributed by atoms with van der Waals surface area (Å²) in [7, 11) is 0. The number of hydrogen-bond acceptors (Lipinski definition) is 4. The molecule has 0 aliphatic heterocycles. The summed E-state index contributed by atoms with van der Waals surface area (Å²) in [6.45, 7) is 1.93. The van der Waals surface area contributed by atoms with Crippen LogP contribution in [0.5, 0.6) is 0 Å². The average molecular weight is 450 g/mol. The number of anilines is 1. The molecule has 1 atom stereocenters. The first-order valence-corrected chi connectivity index (χ1v) is 10.8. The number of ether oxygens (including phenoxy) is 1. The van der Waals surface area contributed by atoms with Crippen molar-refractivity contribution in [2.24, 2.45) is 0 Å². The van der Waals surface area contributed by atoms with Gasteiger partial charge in [0.05, 0.1) is 11.3 Å². The highest BCUT2D eigenvalue weighted by molar-refractivity contribution is 6.08. The molecule has 0 heterocycles. The molecular formula is C29H23NO4. The summed E-state index contributed by atoms with van der Waals surface area (Å²) in [5, 5.41) is 2.76. The van der Waals surface area contributed by atoms with Gasteiger partial charge in [-0.25, -0.2) is 4.79 Å². The summed E-state index contributed by atoms with van der Waals surface area (Å²) in [6.07, 6.45) is -1.13. The second kappa shape index (κ2) is 10.4. The molecule has 5 heteroatoms. The van der Waals surface area contributed by atoms with E-state index in [4.69, 9.17) is 4.74 Å². The van der Waals surface area contributed by atoms with Gasteiger partial charge in [0.15, 0.2) is 6.10 Å². The van der Waals surface area contributed by atoms with E-state index in [0.717, 1.165) is 5.56 Å². The monoisotopic (exact) mass is 449 g/mol. The predicted molar refractivity (Wildman–Crippen MR) is 131 cm³/mol. The van der Waals surface area contributed by atoms with Gasteiger partial charge in [-0.3, -0.25) is 9.59 Å². The van der Waals surface area contributed by atoms with Gasteiger partial charge >= 0.3 is 5.97 Å². The number of carbonyl (C=O) groups excluding carboxylic acids is 3.